The Morgan fingerprint density at radius 1 is 1.62 bits per heavy atom. The molecule has 0 fully saturated rings. The van der Waals surface area contributed by atoms with Crippen LogP contribution in [0.2, 0.25) is 5.02 Å². The molecule has 0 bridgehead atoms. The number of halogens is 1. The zero-order chi connectivity index (χ0) is 10.0. The van der Waals surface area contributed by atoms with Crippen LogP contribution in [0.25, 0.3) is 0 Å². The highest BCUT2D eigenvalue weighted by molar-refractivity contribution is 6.32. The number of nitro groups is 1. The van der Waals surface area contributed by atoms with Crippen LogP contribution in [0.4, 0.5) is 5.69 Å². The number of nitrogens with zero attached hydrogens (tertiary/aromatic N) is 1. The summed E-state index contributed by atoms with van der Waals surface area (Å²) in [5, 5.41) is 19.7. The molecule has 0 heterocycles. The normalized spacial score (nSPS) is 12.5. The van der Waals surface area contributed by atoms with Crippen molar-refractivity contribution >= 4 is 17.3 Å². The Morgan fingerprint density at radius 2 is 2.23 bits per heavy atom. The Morgan fingerprint density at radius 3 is 2.69 bits per heavy atom. The summed E-state index contributed by atoms with van der Waals surface area (Å²) in [7, 11) is 0. The van der Waals surface area contributed by atoms with Crippen molar-refractivity contribution in [2.24, 2.45) is 0 Å². The maximum absolute atomic E-state index is 10.4. The summed E-state index contributed by atoms with van der Waals surface area (Å²) in [5.41, 5.74) is 0.302. The molecule has 0 amide bonds. The average Bonchev–Trinajstić information content (AvgIpc) is 2.04. The van der Waals surface area contributed by atoms with Crippen LogP contribution in [0, 0.1) is 10.1 Å². The maximum atomic E-state index is 10.4. The van der Waals surface area contributed by atoms with E-state index >= 15 is 0 Å². The average molecular weight is 202 g/mol. The minimum atomic E-state index is -0.726. The van der Waals surface area contributed by atoms with E-state index in [1.807, 2.05) is 0 Å². The lowest BCUT2D eigenvalue weighted by atomic mass is 10.1. The molecular weight excluding hydrogens is 194 g/mol. The summed E-state index contributed by atoms with van der Waals surface area (Å²) in [4.78, 5) is 9.86. The fourth-order valence-electron chi connectivity index (χ4n) is 0.929. The minimum Gasteiger partial charge on any atom is -0.389 e. The van der Waals surface area contributed by atoms with E-state index in [9.17, 15) is 10.1 Å². The monoisotopic (exact) mass is 201 g/mol. The lowest BCUT2D eigenvalue weighted by molar-refractivity contribution is -0.384. The van der Waals surface area contributed by atoms with Gasteiger partial charge in [0.15, 0.2) is 0 Å². The number of hydrogen-bond acceptors (Lipinski definition) is 3. The molecule has 1 atom stereocenters. The first-order valence-electron chi connectivity index (χ1n) is 3.64. The smallest absolute Gasteiger partial charge is 0.288 e. The van der Waals surface area contributed by atoms with E-state index in [0.717, 1.165) is 0 Å². The Balaban J connectivity index is 3.19. The van der Waals surface area contributed by atoms with Gasteiger partial charge in [-0.05, 0) is 18.6 Å². The topological polar surface area (TPSA) is 63.4 Å². The molecule has 4 nitrogen and oxygen atoms in total. The van der Waals surface area contributed by atoms with Gasteiger partial charge in [-0.1, -0.05) is 17.7 Å². The fourth-order valence-corrected chi connectivity index (χ4v) is 1.12. The second-order valence-corrected chi connectivity index (χ2v) is 3.05. The predicted octanol–water partition coefficient (Wildman–Crippen LogP) is 2.30. The number of aliphatic hydroxyl groups is 1. The predicted molar refractivity (Wildman–Crippen MR) is 48.7 cm³/mol. The third kappa shape index (κ3) is 2.17. The minimum absolute atomic E-state index is 0.0781. The van der Waals surface area contributed by atoms with Crippen molar-refractivity contribution in [3.8, 4) is 0 Å². The second-order valence-electron chi connectivity index (χ2n) is 2.64. The molecule has 0 aliphatic rings. The lowest BCUT2D eigenvalue weighted by Crippen LogP contribution is -1.94. The SMILES string of the molecule is C[C@@H](O)c1ccc(Cl)c([N+](=O)[O-])c1. The molecule has 0 unspecified atom stereocenters. The molecular formula is C8H8ClNO3. The molecule has 0 saturated heterocycles. The first-order chi connectivity index (χ1) is 6.02. The van der Waals surface area contributed by atoms with Gasteiger partial charge < -0.3 is 5.11 Å². The van der Waals surface area contributed by atoms with E-state index in [-0.39, 0.29) is 10.7 Å². The molecule has 1 rings (SSSR count). The second kappa shape index (κ2) is 3.72. The van der Waals surface area contributed by atoms with Gasteiger partial charge in [0, 0.05) is 6.07 Å². The molecule has 0 aromatic heterocycles. The van der Waals surface area contributed by atoms with Crippen LogP contribution in [0.3, 0.4) is 0 Å². The molecule has 0 aliphatic carbocycles. The van der Waals surface area contributed by atoms with Crippen LogP contribution < -0.4 is 0 Å². The third-order valence-corrected chi connectivity index (χ3v) is 1.97. The van der Waals surface area contributed by atoms with E-state index in [2.05, 4.69) is 0 Å². The van der Waals surface area contributed by atoms with Crippen molar-refractivity contribution in [3.05, 3.63) is 38.9 Å². The Kier molecular flexibility index (Phi) is 2.85. The largest absolute Gasteiger partial charge is 0.389 e. The molecule has 5 heteroatoms. The molecule has 0 saturated carbocycles. The molecule has 0 spiro atoms. The van der Waals surface area contributed by atoms with Crippen molar-refractivity contribution < 1.29 is 10.0 Å². The molecule has 70 valence electrons. The summed E-state index contributed by atoms with van der Waals surface area (Å²) in [6, 6.07) is 4.23. The number of rotatable bonds is 2. The van der Waals surface area contributed by atoms with Crippen molar-refractivity contribution in [1.82, 2.24) is 0 Å². The number of aliphatic hydroxyl groups excluding tert-OH is 1. The maximum Gasteiger partial charge on any atom is 0.288 e. The van der Waals surface area contributed by atoms with Gasteiger partial charge >= 0.3 is 0 Å². The number of benzene rings is 1. The van der Waals surface area contributed by atoms with Crippen LogP contribution in [-0.4, -0.2) is 10.0 Å². The standard InChI is InChI=1S/C8H8ClNO3/c1-5(11)6-2-3-7(9)8(4-6)10(12)13/h2-5,11H,1H3/t5-/m1/s1. The molecule has 1 N–H and O–H groups in total. The Bertz CT molecular complexity index is 338. The Hall–Kier alpha value is -1.13. The first kappa shape index (κ1) is 9.95. The van der Waals surface area contributed by atoms with Gasteiger partial charge in [-0.25, -0.2) is 0 Å². The first-order valence-corrected chi connectivity index (χ1v) is 4.02. The van der Waals surface area contributed by atoms with Crippen molar-refractivity contribution in [1.29, 1.82) is 0 Å². The van der Waals surface area contributed by atoms with Crippen molar-refractivity contribution in [2.45, 2.75) is 13.0 Å². The van der Waals surface area contributed by atoms with E-state index in [4.69, 9.17) is 16.7 Å². The highest BCUT2D eigenvalue weighted by Crippen LogP contribution is 2.27. The van der Waals surface area contributed by atoms with Gasteiger partial charge in [0.2, 0.25) is 0 Å². The van der Waals surface area contributed by atoms with Gasteiger partial charge in [-0.15, -0.1) is 0 Å². The quantitative estimate of drug-likeness (QED) is 0.590. The van der Waals surface area contributed by atoms with E-state index < -0.39 is 11.0 Å². The highest BCUT2D eigenvalue weighted by Gasteiger charge is 2.14. The van der Waals surface area contributed by atoms with Gasteiger partial charge in [-0.3, -0.25) is 10.1 Å². The molecule has 13 heavy (non-hydrogen) atoms. The van der Waals surface area contributed by atoms with E-state index in [1.54, 1.807) is 6.07 Å². The fraction of sp³-hybridized carbons (Fsp3) is 0.250. The number of hydrogen-bond donors (Lipinski definition) is 1. The zero-order valence-corrected chi connectivity index (χ0v) is 7.65. The van der Waals surface area contributed by atoms with Gasteiger partial charge in [0.25, 0.3) is 5.69 Å². The van der Waals surface area contributed by atoms with Crippen LogP contribution >= 0.6 is 11.6 Å². The summed E-state index contributed by atoms with van der Waals surface area (Å²) in [6.45, 7) is 1.53. The van der Waals surface area contributed by atoms with Crippen LogP contribution in [-0.2, 0) is 0 Å². The summed E-state index contributed by atoms with van der Waals surface area (Å²) < 4.78 is 0. The van der Waals surface area contributed by atoms with Crippen LogP contribution in [0.1, 0.15) is 18.6 Å². The van der Waals surface area contributed by atoms with E-state index in [0.29, 0.717) is 5.56 Å². The molecule has 0 radical (unpaired) electrons. The molecule has 1 aromatic carbocycles. The van der Waals surface area contributed by atoms with Crippen molar-refractivity contribution in [3.63, 3.8) is 0 Å². The summed E-state index contributed by atoms with van der Waals surface area (Å²) in [6.07, 6.45) is -0.726. The summed E-state index contributed by atoms with van der Waals surface area (Å²) >= 11 is 5.57. The highest BCUT2D eigenvalue weighted by atomic mass is 35.5. The molecule has 0 aliphatic heterocycles. The van der Waals surface area contributed by atoms with Gasteiger partial charge in [-0.2, -0.15) is 0 Å². The zero-order valence-electron chi connectivity index (χ0n) is 6.90. The van der Waals surface area contributed by atoms with Crippen LogP contribution in [0.5, 0.6) is 0 Å². The molecule has 1 aromatic rings. The summed E-state index contributed by atoms with van der Waals surface area (Å²) in [5.74, 6) is 0. The van der Waals surface area contributed by atoms with Gasteiger partial charge in [0.05, 0.1) is 11.0 Å². The lowest BCUT2D eigenvalue weighted by Gasteiger charge is -2.03. The van der Waals surface area contributed by atoms with Crippen molar-refractivity contribution in [2.75, 3.05) is 0 Å². The Labute approximate surface area is 79.9 Å². The van der Waals surface area contributed by atoms with Crippen LogP contribution in [0.15, 0.2) is 18.2 Å². The number of nitro benzene ring substituents is 1. The third-order valence-electron chi connectivity index (χ3n) is 1.65. The van der Waals surface area contributed by atoms with E-state index in [1.165, 1.54) is 19.1 Å². The van der Waals surface area contributed by atoms with Gasteiger partial charge in [0.1, 0.15) is 5.02 Å².